The van der Waals surface area contributed by atoms with Crippen molar-refractivity contribution in [2.45, 2.75) is 46.1 Å². The second-order valence-electron chi connectivity index (χ2n) is 4.62. The molecule has 2 nitrogen and oxygen atoms in total. The van der Waals surface area contributed by atoms with E-state index in [-0.39, 0.29) is 0 Å². The summed E-state index contributed by atoms with van der Waals surface area (Å²) in [5, 5.41) is 3.57. The quantitative estimate of drug-likeness (QED) is 0.714. The summed E-state index contributed by atoms with van der Waals surface area (Å²) in [4.78, 5) is 0. The summed E-state index contributed by atoms with van der Waals surface area (Å²) in [6.07, 6.45) is 3.64. The molecule has 0 aliphatic carbocycles. The van der Waals surface area contributed by atoms with Crippen LogP contribution in [0.2, 0.25) is 0 Å². The van der Waals surface area contributed by atoms with Crippen LogP contribution in [0.3, 0.4) is 0 Å². The third-order valence-corrected chi connectivity index (χ3v) is 3.16. The van der Waals surface area contributed by atoms with Gasteiger partial charge in [-0.1, -0.05) is 27.2 Å². The maximum atomic E-state index is 5.66. The first kappa shape index (κ1) is 12.9. The van der Waals surface area contributed by atoms with Gasteiger partial charge in [0.2, 0.25) is 0 Å². The molecule has 0 amide bonds. The lowest BCUT2D eigenvalue weighted by atomic mass is 9.97. The van der Waals surface area contributed by atoms with Gasteiger partial charge in [-0.2, -0.15) is 0 Å². The monoisotopic (exact) mass is 220 g/mol. The van der Waals surface area contributed by atoms with Gasteiger partial charge < -0.3 is 11.1 Å². The molecular formula is C14H24N2. The topological polar surface area (TPSA) is 38.0 Å². The van der Waals surface area contributed by atoms with E-state index in [1.807, 2.05) is 12.1 Å². The molecule has 2 atom stereocenters. The molecule has 90 valence electrons. The van der Waals surface area contributed by atoms with Crippen molar-refractivity contribution >= 4 is 11.4 Å². The Morgan fingerprint density at radius 3 is 2.25 bits per heavy atom. The number of rotatable bonds is 6. The van der Waals surface area contributed by atoms with Gasteiger partial charge in [-0.15, -0.1) is 0 Å². The zero-order valence-corrected chi connectivity index (χ0v) is 10.7. The average Bonchev–Trinajstić information content (AvgIpc) is 2.30. The first-order valence-corrected chi connectivity index (χ1v) is 6.27. The highest BCUT2D eigenvalue weighted by atomic mass is 14.9. The fraction of sp³-hybridized carbons (Fsp3) is 0.571. The molecule has 0 fully saturated rings. The Balaban J connectivity index is 2.52. The predicted molar refractivity (Wildman–Crippen MR) is 72.6 cm³/mol. The zero-order valence-electron chi connectivity index (χ0n) is 10.7. The zero-order chi connectivity index (χ0) is 12.0. The molecular weight excluding hydrogens is 196 g/mol. The fourth-order valence-corrected chi connectivity index (χ4v) is 1.80. The van der Waals surface area contributed by atoms with Crippen molar-refractivity contribution < 1.29 is 0 Å². The molecule has 1 aromatic carbocycles. The van der Waals surface area contributed by atoms with Crippen LogP contribution in [-0.2, 0) is 0 Å². The summed E-state index contributed by atoms with van der Waals surface area (Å²) in [5.41, 5.74) is 7.66. The predicted octanol–water partition coefficient (Wildman–Crippen LogP) is 3.90. The molecule has 0 spiro atoms. The Labute approximate surface area is 99.2 Å². The minimum Gasteiger partial charge on any atom is -0.399 e. The first-order chi connectivity index (χ1) is 7.65. The van der Waals surface area contributed by atoms with E-state index in [2.05, 4.69) is 38.2 Å². The summed E-state index contributed by atoms with van der Waals surface area (Å²) >= 11 is 0. The van der Waals surface area contributed by atoms with E-state index in [0.29, 0.717) is 6.04 Å². The molecule has 0 radical (unpaired) electrons. The van der Waals surface area contributed by atoms with Gasteiger partial charge in [-0.05, 0) is 43.0 Å². The molecule has 0 aromatic heterocycles. The van der Waals surface area contributed by atoms with Crippen LogP contribution in [-0.4, -0.2) is 6.04 Å². The van der Waals surface area contributed by atoms with Crippen LogP contribution >= 0.6 is 0 Å². The Bertz CT molecular complexity index is 292. The lowest BCUT2D eigenvalue weighted by Gasteiger charge is -2.21. The van der Waals surface area contributed by atoms with Crippen molar-refractivity contribution in [3.05, 3.63) is 24.3 Å². The lowest BCUT2D eigenvalue weighted by Crippen LogP contribution is -2.21. The molecule has 2 unspecified atom stereocenters. The minimum absolute atomic E-state index is 0.568. The van der Waals surface area contributed by atoms with Gasteiger partial charge >= 0.3 is 0 Å². The normalized spacial score (nSPS) is 14.4. The number of benzene rings is 1. The molecule has 0 saturated heterocycles. The second-order valence-corrected chi connectivity index (χ2v) is 4.62. The number of nitrogen functional groups attached to an aromatic ring is 1. The molecule has 0 saturated carbocycles. The molecule has 0 aliphatic heterocycles. The fourth-order valence-electron chi connectivity index (χ4n) is 1.80. The van der Waals surface area contributed by atoms with Crippen molar-refractivity contribution in [3.63, 3.8) is 0 Å². The highest BCUT2D eigenvalue weighted by Gasteiger charge is 2.09. The van der Waals surface area contributed by atoms with Crippen LogP contribution in [0.25, 0.3) is 0 Å². The van der Waals surface area contributed by atoms with Gasteiger partial charge in [0.05, 0.1) is 0 Å². The Morgan fingerprint density at radius 2 is 1.75 bits per heavy atom. The summed E-state index contributed by atoms with van der Waals surface area (Å²) in [6, 6.07) is 8.55. The molecule has 16 heavy (non-hydrogen) atoms. The third kappa shape index (κ3) is 4.13. The third-order valence-electron chi connectivity index (χ3n) is 3.16. The maximum Gasteiger partial charge on any atom is 0.0343 e. The number of nitrogens with two attached hydrogens (primary N) is 1. The number of nitrogens with one attached hydrogen (secondary N) is 1. The number of hydrogen-bond donors (Lipinski definition) is 2. The lowest BCUT2D eigenvalue weighted by molar-refractivity contribution is 0.462. The van der Waals surface area contributed by atoms with E-state index in [1.54, 1.807) is 0 Å². The van der Waals surface area contributed by atoms with Crippen LogP contribution in [0.4, 0.5) is 11.4 Å². The Kier molecular flexibility index (Phi) is 5.17. The smallest absolute Gasteiger partial charge is 0.0343 e. The summed E-state index contributed by atoms with van der Waals surface area (Å²) < 4.78 is 0. The van der Waals surface area contributed by atoms with Crippen LogP contribution in [0, 0.1) is 5.92 Å². The van der Waals surface area contributed by atoms with Crippen LogP contribution in [0.15, 0.2) is 24.3 Å². The van der Waals surface area contributed by atoms with Crippen LogP contribution in [0.1, 0.15) is 40.0 Å². The van der Waals surface area contributed by atoms with Gasteiger partial charge in [0.1, 0.15) is 0 Å². The number of anilines is 2. The van der Waals surface area contributed by atoms with Crippen molar-refractivity contribution in [2.75, 3.05) is 11.1 Å². The van der Waals surface area contributed by atoms with Crippen molar-refractivity contribution in [1.29, 1.82) is 0 Å². The van der Waals surface area contributed by atoms with Gasteiger partial charge in [0, 0.05) is 17.4 Å². The van der Waals surface area contributed by atoms with E-state index >= 15 is 0 Å². The van der Waals surface area contributed by atoms with Crippen molar-refractivity contribution in [3.8, 4) is 0 Å². The van der Waals surface area contributed by atoms with Crippen LogP contribution < -0.4 is 11.1 Å². The van der Waals surface area contributed by atoms with E-state index in [1.165, 1.54) is 18.5 Å². The van der Waals surface area contributed by atoms with Crippen molar-refractivity contribution in [1.82, 2.24) is 0 Å². The maximum absolute atomic E-state index is 5.66. The van der Waals surface area contributed by atoms with E-state index in [9.17, 15) is 0 Å². The van der Waals surface area contributed by atoms with Crippen LogP contribution in [0.5, 0.6) is 0 Å². The number of hydrogen-bond acceptors (Lipinski definition) is 2. The first-order valence-electron chi connectivity index (χ1n) is 6.27. The van der Waals surface area contributed by atoms with Crippen molar-refractivity contribution in [2.24, 2.45) is 5.92 Å². The highest BCUT2D eigenvalue weighted by Crippen LogP contribution is 2.18. The highest BCUT2D eigenvalue weighted by molar-refractivity contribution is 5.51. The minimum atomic E-state index is 0.568. The van der Waals surface area contributed by atoms with E-state index in [4.69, 9.17) is 5.73 Å². The molecule has 1 aromatic rings. The van der Waals surface area contributed by atoms with Gasteiger partial charge in [-0.3, -0.25) is 0 Å². The molecule has 0 bridgehead atoms. The summed E-state index contributed by atoms with van der Waals surface area (Å²) in [6.45, 7) is 6.80. The average molecular weight is 220 g/mol. The van der Waals surface area contributed by atoms with Gasteiger partial charge in [0.25, 0.3) is 0 Å². The summed E-state index contributed by atoms with van der Waals surface area (Å²) in [7, 11) is 0. The molecule has 2 heteroatoms. The van der Waals surface area contributed by atoms with Gasteiger partial charge in [0.15, 0.2) is 0 Å². The van der Waals surface area contributed by atoms with E-state index < -0.39 is 0 Å². The molecule has 3 N–H and O–H groups in total. The molecule has 0 heterocycles. The Morgan fingerprint density at radius 1 is 1.12 bits per heavy atom. The SMILES string of the molecule is CCC(C)CC(CC)Nc1ccc(N)cc1. The standard InChI is InChI=1S/C14H24N2/c1-4-11(3)10-13(5-2)16-14-8-6-12(15)7-9-14/h6-9,11,13,16H,4-5,10,15H2,1-3H3. The largest absolute Gasteiger partial charge is 0.399 e. The molecule has 0 aliphatic rings. The second kappa shape index (κ2) is 6.41. The summed E-state index contributed by atoms with van der Waals surface area (Å²) in [5.74, 6) is 0.784. The van der Waals surface area contributed by atoms with E-state index in [0.717, 1.165) is 18.0 Å². The molecule has 1 rings (SSSR count). The Hall–Kier alpha value is -1.18. The van der Waals surface area contributed by atoms with Gasteiger partial charge in [-0.25, -0.2) is 0 Å².